The highest BCUT2D eigenvalue weighted by atomic mass is 14.9. The molecule has 0 radical (unpaired) electrons. The van der Waals surface area contributed by atoms with Crippen molar-refractivity contribution in [2.75, 3.05) is 11.9 Å². The first kappa shape index (κ1) is 11.5. The molecule has 0 spiro atoms. The van der Waals surface area contributed by atoms with Crippen LogP contribution in [0.15, 0.2) is 24.3 Å². The molecular weight excluding hydrogens is 196 g/mol. The third-order valence-corrected chi connectivity index (χ3v) is 3.65. The van der Waals surface area contributed by atoms with E-state index < -0.39 is 0 Å². The van der Waals surface area contributed by atoms with E-state index in [0.717, 1.165) is 13.0 Å². The number of hydrogen-bond acceptors (Lipinski definition) is 2. The lowest BCUT2D eigenvalue weighted by Crippen LogP contribution is -2.29. The number of nitrogens with one attached hydrogen (secondary N) is 1. The van der Waals surface area contributed by atoms with Crippen LogP contribution in [0.2, 0.25) is 0 Å². The standard InChI is InChI=1S/C14H22N2/c1-2-11-5-3-7-13(9-11)16-14-8-4-6-12(14)10-15/h3,5,7,9,12,14,16H,2,4,6,8,10,15H2,1H3. The summed E-state index contributed by atoms with van der Waals surface area (Å²) in [6.07, 6.45) is 4.95. The SMILES string of the molecule is CCc1cccc(NC2CCCC2CN)c1. The topological polar surface area (TPSA) is 38.0 Å². The average molecular weight is 218 g/mol. The van der Waals surface area contributed by atoms with Gasteiger partial charge in [-0.05, 0) is 49.4 Å². The van der Waals surface area contributed by atoms with Crippen molar-refractivity contribution in [1.82, 2.24) is 0 Å². The predicted molar refractivity (Wildman–Crippen MR) is 69.6 cm³/mol. The minimum atomic E-state index is 0.581. The van der Waals surface area contributed by atoms with Gasteiger partial charge in [-0.1, -0.05) is 25.5 Å². The Balaban J connectivity index is 2.02. The maximum atomic E-state index is 5.79. The monoisotopic (exact) mass is 218 g/mol. The molecule has 3 N–H and O–H groups in total. The van der Waals surface area contributed by atoms with E-state index in [4.69, 9.17) is 5.73 Å². The van der Waals surface area contributed by atoms with Gasteiger partial charge in [-0.3, -0.25) is 0 Å². The van der Waals surface area contributed by atoms with Crippen molar-refractivity contribution < 1.29 is 0 Å². The molecule has 2 rings (SSSR count). The molecule has 0 saturated heterocycles. The van der Waals surface area contributed by atoms with Crippen LogP contribution in [0, 0.1) is 5.92 Å². The summed E-state index contributed by atoms with van der Waals surface area (Å²) in [5.41, 5.74) is 8.44. The van der Waals surface area contributed by atoms with E-state index in [1.54, 1.807) is 0 Å². The van der Waals surface area contributed by atoms with Crippen LogP contribution >= 0.6 is 0 Å². The first-order chi connectivity index (χ1) is 7.83. The Bertz CT molecular complexity index is 335. The molecule has 1 aromatic rings. The van der Waals surface area contributed by atoms with Crippen LogP contribution in [0.3, 0.4) is 0 Å². The second-order valence-corrected chi connectivity index (χ2v) is 4.73. The highest BCUT2D eigenvalue weighted by Crippen LogP contribution is 2.27. The van der Waals surface area contributed by atoms with Gasteiger partial charge in [-0.25, -0.2) is 0 Å². The molecule has 0 aromatic heterocycles. The predicted octanol–water partition coefficient (Wildman–Crippen LogP) is 2.79. The fraction of sp³-hybridized carbons (Fsp3) is 0.571. The number of nitrogens with two attached hydrogens (primary N) is 1. The quantitative estimate of drug-likeness (QED) is 0.815. The van der Waals surface area contributed by atoms with Crippen molar-refractivity contribution in [1.29, 1.82) is 0 Å². The van der Waals surface area contributed by atoms with Gasteiger partial charge in [0.15, 0.2) is 0 Å². The smallest absolute Gasteiger partial charge is 0.0345 e. The molecule has 1 saturated carbocycles. The fourth-order valence-corrected chi connectivity index (χ4v) is 2.60. The maximum absolute atomic E-state index is 5.79. The lowest BCUT2D eigenvalue weighted by atomic mass is 10.0. The van der Waals surface area contributed by atoms with Crippen LogP contribution in [0.4, 0.5) is 5.69 Å². The third-order valence-electron chi connectivity index (χ3n) is 3.65. The van der Waals surface area contributed by atoms with E-state index in [1.165, 1.54) is 30.5 Å². The summed E-state index contributed by atoms with van der Waals surface area (Å²) in [5.74, 6) is 0.658. The van der Waals surface area contributed by atoms with E-state index >= 15 is 0 Å². The second-order valence-electron chi connectivity index (χ2n) is 4.73. The van der Waals surface area contributed by atoms with Crippen LogP contribution in [-0.2, 0) is 6.42 Å². The summed E-state index contributed by atoms with van der Waals surface area (Å²) < 4.78 is 0. The van der Waals surface area contributed by atoms with Crippen LogP contribution in [0.5, 0.6) is 0 Å². The molecular formula is C14H22N2. The summed E-state index contributed by atoms with van der Waals surface area (Å²) >= 11 is 0. The number of hydrogen-bond donors (Lipinski definition) is 2. The molecule has 2 heteroatoms. The minimum Gasteiger partial charge on any atom is -0.382 e. The third kappa shape index (κ3) is 2.56. The van der Waals surface area contributed by atoms with Crippen LogP contribution in [0.1, 0.15) is 31.7 Å². The normalized spacial score (nSPS) is 24.6. The largest absolute Gasteiger partial charge is 0.382 e. The second kappa shape index (κ2) is 5.35. The molecule has 2 atom stereocenters. The van der Waals surface area contributed by atoms with Gasteiger partial charge in [0.1, 0.15) is 0 Å². The van der Waals surface area contributed by atoms with E-state index in [0.29, 0.717) is 12.0 Å². The van der Waals surface area contributed by atoms with Crippen LogP contribution in [-0.4, -0.2) is 12.6 Å². The van der Waals surface area contributed by atoms with Gasteiger partial charge in [0.05, 0.1) is 0 Å². The number of aryl methyl sites for hydroxylation is 1. The summed E-state index contributed by atoms with van der Waals surface area (Å²) in [7, 11) is 0. The van der Waals surface area contributed by atoms with Gasteiger partial charge in [0.25, 0.3) is 0 Å². The van der Waals surface area contributed by atoms with E-state index in [9.17, 15) is 0 Å². The Morgan fingerprint density at radius 1 is 1.38 bits per heavy atom. The lowest BCUT2D eigenvalue weighted by Gasteiger charge is -2.21. The van der Waals surface area contributed by atoms with Gasteiger partial charge in [-0.2, -0.15) is 0 Å². The highest BCUT2D eigenvalue weighted by Gasteiger charge is 2.25. The summed E-state index contributed by atoms with van der Waals surface area (Å²) in [5, 5.41) is 3.64. The summed E-state index contributed by atoms with van der Waals surface area (Å²) in [6.45, 7) is 3.00. The molecule has 0 heterocycles. The van der Waals surface area contributed by atoms with Crippen molar-refractivity contribution in [2.24, 2.45) is 11.7 Å². The molecule has 0 aliphatic heterocycles. The van der Waals surface area contributed by atoms with Crippen LogP contribution < -0.4 is 11.1 Å². The molecule has 2 nitrogen and oxygen atoms in total. The maximum Gasteiger partial charge on any atom is 0.0345 e. The number of rotatable bonds is 4. The van der Waals surface area contributed by atoms with Crippen molar-refractivity contribution in [3.05, 3.63) is 29.8 Å². The first-order valence-electron chi connectivity index (χ1n) is 6.39. The molecule has 1 aromatic carbocycles. The average Bonchev–Trinajstić information content (AvgIpc) is 2.76. The Morgan fingerprint density at radius 2 is 2.25 bits per heavy atom. The Morgan fingerprint density at radius 3 is 3.00 bits per heavy atom. The lowest BCUT2D eigenvalue weighted by molar-refractivity contribution is 0.516. The van der Waals surface area contributed by atoms with Crippen LogP contribution in [0.25, 0.3) is 0 Å². The molecule has 1 aliphatic rings. The summed E-state index contributed by atoms with van der Waals surface area (Å²) in [4.78, 5) is 0. The zero-order chi connectivity index (χ0) is 11.4. The minimum absolute atomic E-state index is 0.581. The molecule has 0 bridgehead atoms. The number of anilines is 1. The summed E-state index contributed by atoms with van der Waals surface area (Å²) in [6, 6.07) is 9.31. The van der Waals surface area contributed by atoms with E-state index in [-0.39, 0.29) is 0 Å². The molecule has 16 heavy (non-hydrogen) atoms. The van der Waals surface area contributed by atoms with Crippen molar-refractivity contribution in [3.63, 3.8) is 0 Å². The van der Waals surface area contributed by atoms with Gasteiger partial charge in [0, 0.05) is 11.7 Å². The van der Waals surface area contributed by atoms with Gasteiger partial charge < -0.3 is 11.1 Å². The molecule has 0 amide bonds. The fourth-order valence-electron chi connectivity index (χ4n) is 2.60. The first-order valence-corrected chi connectivity index (χ1v) is 6.39. The van der Waals surface area contributed by atoms with Gasteiger partial charge >= 0.3 is 0 Å². The Hall–Kier alpha value is -1.02. The van der Waals surface area contributed by atoms with Crippen molar-refractivity contribution in [3.8, 4) is 0 Å². The highest BCUT2D eigenvalue weighted by molar-refractivity contribution is 5.46. The van der Waals surface area contributed by atoms with E-state index in [1.807, 2.05) is 0 Å². The molecule has 88 valence electrons. The molecule has 2 unspecified atom stereocenters. The molecule has 1 aliphatic carbocycles. The number of benzene rings is 1. The molecule has 1 fully saturated rings. The Kier molecular flexibility index (Phi) is 3.83. The van der Waals surface area contributed by atoms with E-state index in [2.05, 4.69) is 36.5 Å². The zero-order valence-corrected chi connectivity index (χ0v) is 10.1. The zero-order valence-electron chi connectivity index (χ0n) is 10.1. The van der Waals surface area contributed by atoms with Gasteiger partial charge in [0.2, 0.25) is 0 Å². The van der Waals surface area contributed by atoms with Crippen molar-refractivity contribution >= 4 is 5.69 Å². The van der Waals surface area contributed by atoms with Gasteiger partial charge in [-0.15, -0.1) is 0 Å². The van der Waals surface area contributed by atoms with Crippen molar-refractivity contribution in [2.45, 2.75) is 38.6 Å². The Labute approximate surface area is 98.2 Å².